The summed E-state index contributed by atoms with van der Waals surface area (Å²) in [4.78, 5) is 0. The van der Waals surface area contributed by atoms with Gasteiger partial charge in [-0.05, 0) is 64.5 Å². The molecule has 0 bridgehead atoms. The van der Waals surface area contributed by atoms with Crippen molar-refractivity contribution >= 4 is 22.6 Å². The van der Waals surface area contributed by atoms with Crippen molar-refractivity contribution in [1.82, 2.24) is 5.32 Å². The van der Waals surface area contributed by atoms with Gasteiger partial charge in [0.1, 0.15) is 5.82 Å². The van der Waals surface area contributed by atoms with Gasteiger partial charge in [-0.3, -0.25) is 0 Å². The van der Waals surface area contributed by atoms with Crippen molar-refractivity contribution in [2.45, 2.75) is 13.0 Å². The van der Waals surface area contributed by atoms with Gasteiger partial charge >= 0.3 is 0 Å². The molecule has 0 heterocycles. The molecule has 0 aromatic heterocycles. The molecular formula is C15H13F3IN. The topological polar surface area (TPSA) is 12.0 Å². The lowest BCUT2D eigenvalue weighted by atomic mass is 9.98. The van der Waals surface area contributed by atoms with Crippen molar-refractivity contribution < 1.29 is 13.2 Å². The number of rotatable bonds is 4. The lowest BCUT2D eigenvalue weighted by Crippen LogP contribution is -2.23. The van der Waals surface area contributed by atoms with E-state index in [0.717, 1.165) is 15.2 Å². The van der Waals surface area contributed by atoms with Gasteiger partial charge in [0.2, 0.25) is 0 Å². The lowest BCUT2D eigenvalue weighted by molar-refractivity contribution is 0.503. The third kappa shape index (κ3) is 3.32. The molecule has 2 aromatic rings. The molecular weight excluding hydrogens is 378 g/mol. The summed E-state index contributed by atoms with van der Waals surface area (Å²) in [6.07, 6.45) is 0. The van der Waals surface area contributed by atoms with E-state index in [0.29, 0.717) is 12.1 Å². The molecule has 5 heteroatoms. The van der Waals surface area contributed by atoms with Crippen LogP contribution in [0.1, 0.15) is 24.1 Å². The molecule has 0 aliphatic rings. The van der Waals surface area contributed by atoms with Gasteiger partial charge in [-0.15, -0.1) is 0 Å². The molecule has 106 valence electrons. The fourth-order valence-corrected chi connectivity index (χ4v) is 2.83. The first kappa shape index (κ1) is 15.3. The average molecular weight is 391 g/mol. The Kier molecular flexibility index (Phi) is 5.04. The monoisotopic (exact) mass is 391 g/mol. The number of hydrogen-bond acceptors (Lipinski definition) is 1. The first-order valence-corrected chi connectivity index (χ1v) is 7.24. The zero-order chi connectivity index (χ0) is 14.7. The highest BCUT2D eigenvalue weighted by Gasteiger charge is 2.17. The molecule has 0 fully saturated rings. The van der Waals surface area contributed by atoms with Crippen molar-refractivity contribution in [3.05, 3.63) is 68.5 Å². The van der Waals surface area contributed by atoms with Crippen molar-refractivity contribution in [1.29, 1.82) is 0 Å². The van der Waals surface area contributed by atoms with Crippen LogP contribution in [0, 0.1) is 21.0 Å². The van der Waals surface area contributed by atoms with Crippen molar-refractivity contribution in [3.63, 3.8) is 0 Å². The number of hydrogen-bond donors (Lipinski definition) is 1. The average Bonchev–Trinajstić information content (AvgIpc) is 2.40. The van der Waals surface area contributed by atoms with Crippen molar-refractivity contribution in [2.24, 2.45) is 0 Å². The molecule has 0 aliphatic carbocycles. The fraction of sp³-hybridized carbons (Fsp3) is 0.200. The molecule has 20 heavy (non-hydrogen) atoms. The Bertz CT molecular complexity index is 616. The van der Waals surface area contributed by atoms with E-state index in [1.165, 1.54) is 24.3 Å². The van der Waals surface area contributed by atoms with Crippen LogP contribution in [0.3, 0.4) is 0 Å². The van der Waals surface area contributed by atoms with E-state index < -0.39 is 11.6 Å². The smallest absolute Gasteiger partial charge is 0.159 e. The SMILES string of the molecule is CCNC(c1ccc(F)c(F)c1)c1ccc(F)cc1I. The fourth-order valence-electron chi connectivity index (χ4n) is 2.04. The van der Waals surface area contributed by atoms with Crippen LogP contribution in [0.2, 0.25) is 0 Å². The number of halogens is 4. The van der Waals surface area contributed by atoms with E-state index in [9.17, 15) is 13.2 Å². The van der Waals surface area contributed by atoms with Crippen molar-refractivity contribution in [2.75, 3.05) is 6.54 Å². The summed E-state index contributed by atoms with van der Waals surface area (Å²) in [5.41, 5.74) is 1.44. The van der Waals surface area contributed by atoms with Gasteiger partial charge in [0, 0.05) is 3.57 Å². The van der Waals surface area contributed by atoms with E-state index in [1.54, 1.807) is 6.07 Å². The van der Waals surface area contributed by atoms with Crippen LogP contribution < -0.4 is 5.32 Å². The van der Waals surface area contributed by atoms with Gasteiger partial charge in [0.15, 0.2) is 11.6 Å². The summed E-state index contributed by atoms with van der Waals surface area (Å²) < 4.78 is 40.3. The second-order valence-electron chi connectivity index (χ2n) is 4.33. The Morgan fingerprint density at radius 2 is 1.80 bits per heavy atom. The van der Waals surface area contributed by atoms with E-state index in [4.69, 9.17) is 0 Å². The molecule has 0 aliphatic heterocycles. The van der Waals surface area contributed by atoms with Crippen LogP contribution in [-0.2, 0) is 0 Å². The number of nitrogens with one attached hydrogen (secondary N) is 1. The molecule has 1 nitrogen and oxygen atoms in total. The summed E-state index contributed by atoms with van der Waals surface area (Å²) in [5, 5.41) is 3.21. The third-order valence-electron chi connectivity index (χ3n) is 2.96. The minimum atomic E-state index is -0.887. The molecule has 2 rings (SSSR count). The van der Waals surface area contributed by atoms with Gasteiger partial charge in [-0.25, -0.2) is 13.2 Å². The van der Waals surface area contributed by atoms with Crippen LogP contribution in [0.4, 0.5) is 13.2 Å². The van der Waals surface area contributed by atoms with Gasteiger partial charge in [-0.1, -0.05) is 19.1 Å². The minimum Gasteiger partial charge on any atom is -0.306 e. The van der Waals surface area contributed by atoms with Gasteiger partial charge < -0.3 is 5.32 Å². The minimum absolute atomic E-state index is 0.303. The predicted molar refractivity (Wildman–Crippen MR) is 81.0 cm³/mol. The van der Waals surface area contributed by atoms with Crippen LogP contribution in [0.5, 0.6) is 0 Å². The highest BCUT2D eigenvalue weighted by molar-refractivity contribution is 14.1. The molecule has 1 atom stereocenters. The summed E-state index contributed by atoms with van der Waals surface area (Å²) >= 11 is 2.04. The molecule has 0 saturated heterocycles. The summed E-state index contributed by atoms with van der Waals surface area (Å²) in [7, 11) is 0. The molecule has 0 spiro atoms. The molecule has 1 unspecified atom stereocenters. The second kappa shape index (κ2) is 6.58. The molecule has 2 aromatic carbocycles. The van der Waals surface area contributed by atoms with E-state index in [2.05, 4.69) is 5.32 Å². The zero-order valence-corrected chi connectivity index (χ0v) is 12.9. The summed E-state index contributed by atoms with van der Waals surface area (Å²) in [6.45, 7) is 2.57. The number of benzene rings is 2. The Morgan fingerprint density at radius 3 is 2.40 bits per heavy atom. The first-order valence-electron chi connectivity index (χ1n) is 6.16. The maximum Gasteiger partial charge on any atom is 0.159 e. The Labute approximate surface area is 129 Å². The van der Waals surface area contributed by atoms with Crippen molar-refractivity contribution in [3.8, 4) is 0 Å². The predicted octanol–water partition coefficient (Wildman–Crippen LogP) is 4.41. The summed E-state index contributed by atoms with van der Waals surface area (Å²) in [6, 6.07) is 7.94. The molecule has 1 N–H and O–H groups in total. The normalized spacial score (nSPS) is 12.4. The van der Waals surface area contributed by atoms with E-state index in [-0.39, 0.29) is 11.9 Å². The van der Waals surface area contributed by atoms with Crippen LogP contribution >= 0.6 is 22.6 Å². The van der Waals surface area contributed by atoms with Gasteiger partial charge in [0.05, 0.1) is 6.04 Å². The quantitative estimate of drug-likeness (QED) is 0.762. The summed E-state index contributed by atoms with van der Waals surface area (Å²) in [5.74, 6) is -2.08. The first-order chi connectivity index (χ1) is 9.52. The zero-order valence-electron chi connectivity index (χ0n) is 10.8. The Morgan fingerprint density at radius 1 is 1.05 bits per heavy atom. The highest BCUT2D eigenvalue weighted by Crippen LogP contribution is 2.27. The maximum absolute atomic E-state index is 13.4. The van der Waals surface area contributed by atoms with E-state index in [1.807, 2.05) is 29.5 Å². The second-order valence-corrected chi connectivity index (χ2v) is 5.49. The third-order valence-corrected chi connectivity index (χ3v) is 3.89. The van der Waals surface area contributed by atoms with Gasteiger partial charge in [-0.2, -0.15) is 0 Å². The van der Waals surface area contributed by atoms with Crippen LogP contribution in [0.25, 0.3) is 0 Å². The Balaban J connectivity index is 2.47. The Hall–Kier alpha value is -1.08. The largest absolute Gasteiger partial charge is 0.306 e. The lowest BCUT2D eigenvalue weighted by Gasteiger charge is -2.20. The highest BCUT2D eigenvalue weighted by atomic mass is 127. The van der Waals surface area contributed by atoms with E-state index >= 15 is 0 Å². The molecule has 0 saturated carbocycles. The standard InChI is InChI=1S/C15H13F3IN/c1-2-20-15(9-3-6-12(17)13(18)7-9)11-5-4-10(16)8-14(11)19/h3-8,15,20H,2H2,1H3. The van der Waals surface area contributed by atoms with Crippen LogP contribution in [-0.4, -0.2) is 6.54 Å². The van der Waals surface area contributed by atoms with Gasteiger partial charge in [0.25, 0.3) is 0 Å². The molecule has 0 radical (unpaired) electrons. The van der Waals surface area contributed by atoms with Crippen LogP contribution in [0.15, 0.2) is 36.4 Å². The molecule has 0 amide bonds. The maximum atomic E-state index is 13.4.